The lowest BCUT2D eigenvalue weighted by Gasteiger charge is -2.44. The van der Waals surface area contributed by atoms with Crippen molar-refractivity contribution in [3.63, 3.8) is 0 Å². The van der Waals surface area contributed by atoms with E-state index in [-0.39, 0.29) is 0 Å². The molecular weight excluding hydrogens is 334 g/mol. The van der Waals surface area contributed by atoms with Crippen LogP contribution in [0.3, 0.4) is 0 Å². The number of aliphatic hydroxyl groups is 1. The van der Waals surface area contributed by atoms with E-state index >= 15 is 0 Å². The summed E-state index contributed by atoms with van der Waals surface area (Å²) in [7, 11) is 0. The van der Waals surface area contributed by atoms with E-state index in [0.717, 1.165) is 11.5 Å². The number of esters is 1. The fourth-order valence-electron chi connectivity index (χ4n) is 3.08. The molecule has 1 heterocycles. The normalized spacial score (nSPS) is 29.0. The number of carbonyl (C=O) groups is 1. The van der Waals surface area contributed by atoms with Crippen LogP contribution in [0.5, 0.6) is 0 Å². The molecule has 6 nitrogen and oxygen atoms in total. The molecule has 0 radical (unpaired) electrons. The van der Waals surface area contributed by atoms with Crippen molar-refractivity contribution in [3.05, 3.63) is 46.3 Å². The molecule has 0 bridgehead atoms. The van der Waals surface area contributed by atoms with Crippen LogP contribution in [0, 0.1) is 0 Å². The first kappa shape index (κ1) is 16.5. The zero-order valence-electron chi connectivity index (χ0n) is 12.4. The SMILES string of the molecule is [N-]=[N+]=N[C@@H]1C[C@@H](O)CC2(SCCS2)[C@H]1OC(=O)c1ccccc1. The number of thioether (sulfide) groups is 2. The van der Waals surface area contributed by atoms with Gasteiger partial charge < -0.3 is 9.84 Å². The highest BCUT2D eigenvalue weighted by Crippen LogP contribution is 2.54. The molecule has 3 atom stereocenters. The lowest BCUT2D eigenvalue weighted by atomic mass is 9.89. The molecule has 122 valence electrons. The molecule has 1 aromatic rings. The van der Waals surface area contributed by atoms with E-state index in [1.165, 1.54) is 0 Å². The highest BCUT2D eigenvalue weighted by atomic mass is 32.2. The van der Waals surface area contributed by atoms with Gasteiger partial charge in [-0.2, -0.15) is 0 Å². The van der Waals surface area contributed by atoms with Crippen molar-refractivity contribution < 1.29 is 14.6 Å². The molecule has 3 rings (SSSR count). The Labute approximate surface area is 142 Å². The number of hydrogen-bond donors (Lipinski definition) is 1. The molecule has 0 unspecified atom stereocenters. The second-order valence-corrected chi connectivity index (χ2v) is 8.68. The Hall–Kier alpha value is -1.34. The molecule has 8 heteroatoms. The fourth-order valence-corrected chi connectivity index (χ4v) is 6.63. The summed E-state index contributed by atoms with van der Waals surface area (Å²) in [5.41, 5.74) is 9.30. The monoisotopic (exact) mass is 351 g/mol. The number of aliphatic hydroxyl groups excluding tert-OH is 1. The first-order valence-corrected chi connectivity index (χ1v) is 9.38. The molecule has 1 saturated heterocycles. The molecule has 1 spiro atoms. The van der Waals surface area contributed by atoms with Gasteiger partial charge in [0.15, 0.2) is 0 Å². The summed E-state index contributed by atoms with van der Waals surface area (Å²) in [6.45, 7) is 0. The van der Waals surface area contributed by atoms with Gasteiger partial charge in [-0.1, -0.05) is 23.3 Å². The van der Waals surface area contributed by atoms with Gasteiger partial charge in [-0.05, 0) is 24.1 Å². The van der Waals surface area contributed by atoms with E-state index < -0.39 is 28.3 Å². The number of ether oxygens (including phenoxy) is 1. The van der Waals surface area contributed by atoms with E-state index in [1.54, 1.807) is 47.8 Å². The van der Waals surface area contributed by atoms with Gasteiger partial charge in [0, 0.05) is 22.8 Å². The number of rotatable bonds is 3. The Morgan fingerprint density at radius 1 is 1.35 bits per heavy atom. The predicted octanol–water partition coefficient (Wildman–Crippen LogP) is 3.22. The second kappa shape index (κ2) is 7.05. The topological polar surface area (TPSA) is 95.3 Å². The van der Waals surface area contributed by atoms with Crippen LogP contribution in [-0.2, 0) is 4.74 Å². The molecule has 1 aliphatic carbocycles. The van der Waals surface area contributed by atoms with Crippen LogP contribution in [0.1, 0.15) is 23.2 Å². The molecule has 0 amide bonds. The van der Waals surface area contributed by atoms with Crippen LogP contribution in [-0.4, -0.2) is 44.9 Å². The third-order valence-corrected chi connectivity index (χ3v) is 7.59. The van der Waals surface area contributed by atoms with Crippen molar-refractivity contribution in [3.8, 4) is 0 Å². The first-order valence-electron chi connectivity index (χ1n) is 7.41. The van der Waals surface area contributed by atoms with Crippen molar-refractivity contribution in [2.24, 2.45) is 5.11 Å². The summed E-state index contributed by atoms with van der Waals surface area (Å²) in [6.07, 6.45) is -0.228. The maximum Gasteiger partial charge on any atom is 0.338 e. The van der Waals surface area contributed by atoms with Crippen LogP contribution < -0.4 is 0 Å². The molecule has 2 aliphatic rings. The van der Waals surface area contributed by atoms with Crippen LogP contribution in [0.15, 0.2) is 35.4 Å². The van der Waals surface area contributed by atoms with Crippen molar-refractivity contribution in [1.82, 2.24) is 0 Å². The quantitative estimate of drug-likeness (QED) is 0.390. The zero-order chi connectivity index (χ0) is 16.3. The van der Waals surface area contributed by atoms with Gasteiger partial charge in [0.2, 0.25) is 0 Å². The molecule has 0 aromatic heterocycles. The van der Waals surface area contributed by atoms with Gasteiger partial charge in [0.05, 0.1) is 17.7 Å². The largest absolute Gasteiger partial charge is 0.456 e. The Balaban J connectivity index is 1.87. The van der Waals surface area contributed by atoms with Crippen molar-refractivity contribution in [1.29, 1.82) is 0 Å². The Morgan fingerprint density at radius 2 is 2.04 bits per heavy atom. The van der Waals surface area contributed by atoms with E-state index in [1.807, 2.05) is 6.07 Å². The lowest BCUT2D eigenvalue weighted by molar-refractivity contribution is -0.00591. The summed E-state index contributed by atoms with van der Waals surface area (Å²) in [6, 6.07) is 8.24. The van der Waals surface area contributed by atoms with E-state index in [0.29, 0.717) is 18.4 Å². The number of nitrogens with zero attached hydrogens (tertiary/aromatic N) is 3. The van der Waals surface area contributed by atoms with E-state index in [2.05, 4.69) is 10.0 Å². The summed E-state index contributed by atoms with van der Waals surface area (Å²) in [4.78, 5) is 15.3. The zero-order valence-corrected chi connectivity index (χ0v) is 14.0. The number of benzene rings is 1. The smallest absolute Gasteiger partial charge is 0.338 e. The number of carbonyl (C=O) groups excluding carboxylic acids is 1. The summed E-state index contributed by atoms with van der Waals surface area (Å²) < 4.78 is 5.34. The van der Waals surface area contributed by atoms with Gasteiger partial charge in [-0.25, -0.2) is 4.79 Å². The standard InChI is InChI=1S/C15H17N3O3S2/c16-18-17-12-8-11(19)9-15(22-6-7-23-15)13(12)21-14(20)10-4-2-1-3-5-10/h1-5,11-13,19H,6-9H2/t11-,12-,13+/m1/s1. The molecule has 2 fully saturated rings. The molecule has 1 aromatic carbocycles. The predicted molar refractivity (Wildman–Crippen MR) is 91.5 cm³/mol. The summed E-state index contributed by atoms with van der Waals surface area (Å²) >= 11 is 3.37. The third-order valence-electron chi connectivity index (χ3n) is 4.04. The molecular formula is C15H17N3O3S2. The highest BCUT2D eigenvalue weighted by Gasteiger charge is 2.53. The van der Waals surface area contributed by atoms with Gasteiger partial charge >= 0.3 is 5.97 Å². The van der Waals surface area contributed by atoms with Gasteiger partial charge in [0.1, 0.15) is 10.2 Å². The van der Waals surface area contributed by atoms with E-state index in [9.17, 15) is 9.90 Å². The minimum Gasteiger partial charge on any atom is -0.456 e. The Kier molecular flexibility index (Phi) is 5.06. The van der Waals surface area contributed by atoms with Gasteiger partial charge in [-0.15, -0.1) is 23.5 Å². The lowest BCUT2D eigenvalue weighted by Crippen LogP contribution is -2.52. The summed E-state index contributed by atoms with van der Waals surface area (Å²) in [5.74, 6) is 1.44. The minimum absolute atomic E-state index is 0.319. The average Bonchev–Trinajstić information content (AvgIpc) is 3.00. The first-order chi connectivity index (χ1) is 11.1. The molecule has 1 aliphatic heterocycles. The van der Waals surface area contributed by atoms with Gasteiger partial charge in [-0.3, -0.25) is 0 Å². The van der Waals surface area contributed by atoms with Crippen LogP contribution in [0.2, 0.25) is 0 Å². The Morgan fingerprint density at radius 3 is 2.70 bits per heavy atom. The van der Waals surface area contributed by atoms with Crippen LogP contribution >= 0.6 is 23.5 Å². The van der Waals surface area contributed by atoms with Gasteiger partial charge in [0.25, 0.3) is 0 Å². The molecule has 1 saturated carbocycles. The minimum atomic E-state index is -0.547. The molecule has 23 heavy (non-hydrogen) atoms. The third kappa shape index (κ3) is 3.45. The number of azide groups is 1. The maximum atomic E-state index is 12.4. The fraction of sp³-hybridized carbons (Fsp3) is 0.533. The maximum absolute atomic E-state index is 12.4. The van der Waals surface area contributed by atoms with E-state index in [4.69, 9.17) is 10.3 Å². The van der Waals surface area contributed by atoms with Crippen molar-refractivity contribution >= 4 is 29.5 Å². The molecule has 1 N–H and O–H groups in total. The van der Waals surface area contributed by atoms with Crippen LogP contribution in [0.25, 0.3) is 10.4 Å². The average molecular weight is 351 g/mol. The van der Waals surface area contributed by atoms with Crippen molar-refractivity contribution in [2.75, 3.05) is 11.5 Å². The summed E-state index contributed by atoms with van der Waals surface area (Å²) in [5, 5.41) is 13.9. The van der Waals surface area contributed by atoms with Crippen molar-refractivity contribution in [2.45, 2.75) is 35.2 Å². The number of hydrogen-bond acceptors (Lipinski definition) is 6. The second-order valence-electron chi connectivity index (χ2n) is 5.57. The Bertz CT molecular complexity index is 616. The highest BCUT2D eigenvalue weighted by molar-refractivity contribution is 8.21. The van der Waals surface area contributed by atoms with Crippen LogP contribution in [0.4, 0.5) is 0 Å².